The quantitative estimate of drug-likeness (QED) is 0.773. The van der Waals surface area contributed by atoms with Gasteiger partial charge in [-0.3, -0.25) is 0 Å². The van der Waals surface area contributed by atoms with Crippen LogP contribution in [0.4, 0.5) is 0 Å². The van der Waals surface area contributed by atoms with Gasteiger partial charge in [-0.2, -0.15) is 5.26 Å². The summed E-state index contributed by atoms with van der Waals surface area (Å²) >= 11 is 0. The van der Waals surface area contributed by atoms with Gasteiger partial charge in [0.1, 0.15) is 0 Å². The normalized spacial score (nSPS) is 42.5. The first-order chi connectivity index (χ1) is 7.05. The van der Waals surface area contributed by atoms with Crippen molar-refractivity contribution in [3.8, 4) is 6.07 Å². The van der Waals surface area contributed by atoms with Crippen LogP contribution in [0.3, 0.4) is 0 Å². The molecule has 0 spiro atoms. The molecular formula is C13H21NO. The van der Waals surface area contributed by atoms with E-state index in [1.165, 1.54) is 12.8 Å². The van der Waals surface area contributed by atoms with Crippen LogP contribution in [0.1, 0.15) is 52.4 Å². The Balaban J connectivity index is 2.27. The van der Waals surface area contributed by atoms with E-state index in [1.54, 1.807) is 0 Å². The van der Waals surface area contributed by atoms with E-state index < -0.39 is 11.0 Å². The molecule has 2 rings (SSSR count). The van der Waals surface area contributed by atoms with Crippen molar-refractivity contribution in [3.05, 3.63) is 0 Å². The number of aliphatic hydroxyl groups is 1. The van der Waals surface area contributed by atoms with Crippen LogP contribution in [0.2, 0.25) is 0 Å². The first-order valence-electron chi connectivity index (χ1n) is 6.19. The van der Waals surface area contributed by atoms with Crippen molar-refractivity contribution >= 4 is 0 Å². The van der Waals surface area contributed by atoms with E-state index in [1.807, 2.05) is 6.92 Å². The molecule has 0 heterocycles. The number of nitrogens with zero attached hydrogens (tertiary/aromatic N) is 1. The van der Waals surface area contributed by atoms with Gasteiger partial charge in [0.2, 0.25) is 0 Å². The summed E-state index contributed by atoms with van der Waals surface area (Å²) < 4.78 is 0. The van der Waals surface area contributed by atoms with Crippen LogP contribution in [-0.4, -0.2) is 10.7 Å². The van der Waals surface area contributed by atoms with Gasteiger partial charge >= 0.3 is 0 Å². The average molecular weight is 207 g/mol. The lowest BCUT2D eigenvalue weighted by molar-refractivity contribution is -0.0735. The van der Waals surface area contributed by atoms with Crippen LogP contribution in [-0.2, 0) is 0 Å². The number of rotatable bonds is 3. The molecule has 0 aromatic carbocycles. The molecule has 0 saturated heterocycles. The maximum absolute atomic E-state index is 10.6. The van der Waals surface area contributed by atoms with Crippen molar-refractivity contribution in [1.29, 1.82) is 5.26 Å². The minimum absolute atomic E-state index is 0.439. The van der Waals surface area contributed by atoms with Crippen molar-refractivity contribution in [2.75, 3.05) is 0 Å². The highest BCUT2D eigenvalue weighted by Gasteiger charge is 2.59. The molecule has 2 fully saturated rings. The van der Waals surface area contributed by atoms with Crippen LogP contribution in [0.25, 0.3) is 0 Å². The number of hydrogen-bond donors (Lipinski definition) is 1. The largest absolute Gasteiger partial charge is 0.389 e. The molecule has 0 amide bonds. The zero-order valence-electron chi connectivity index (χ0n) is 9.79. The van der Waals surface area contributed by atoms with Crippen LogP contribution >= 0.6 is 0 Å². The molecule has 2 saturated carbocycles. The average Bonchev–Trinajstić information content (AvgIpc) is 2.76. The molecule has 2 nitrogen and oxygen atoms in total. The van der Waals surface area contributed by atoms with Gasteiger partial charge in [-0.15, -0.1) is 0 Å². The molecule has 2 heteroatoms. The number of nitriles is 1. The maximum atomic E-state index is 10.6. The number of fused-ring (bicyclic) bond motifs is 2. The SMILES string of the molecule is CCCC(C)(O)C1(C#N)CC2CCC1C2. The maximum Gasteiger partial charge on any atom is 0.0888 e. The zero-order valence-corrected chi connectivity index (χ0v) is 9.79. The molecule has 84 valence electrons. The van der Waals surface area contributed by atoms with Crippen LogP contribution < -0.4 is 0 Å². The monoisotopic (exact) mass is 207 g/mol. The van der Waals surface area contributed by atoms with E-state index in [0.29, 0.717) is 11.8 Å². The fraction of sp³-hybridized carbons (Fsp3) is 0.923. The second kappa shape index (κ2) is 3.49. The lowest BCUT2D eigenvalue weighted by atomic mass is 9.62. The van der Waals surface area contributed by atoms with Crippen LogP contribution in [0.15, 0.2) is 0 Å². The Labute approximate surface area is 92.3 Å². The van der Waals surface area contributed by atoms with Crippen molar-refractivity contribution in [2.24, 2.45) is 17.3 Å². The Bertz CT molecular complexity index is 291. The van der Waals surface area contributed by atoms with Gasteiger partial charge < -0.3 is 5.11 Å². The van der Waals surface area contributed by atoms with Gasteiger partial charge in [-0.1, -0.05) is 19.8 Å². The van der Waals surface area contributed by atoms with E-state index >= 15 is 0 Å². The molecule has 2 bridgehead atoms. The molecule has 4 atom stereocenters. The van der Waals surface area contributed by atoms with E-state index in [9.17, 15) is 10.4 Å². The molecule has 15 heavy (non-hydrogen) atoms. The van der Waals surface area contributed by atoms with Gasteiger partial charge in [0.05, 0.1) is 17.1 Å². The summed E-state index contributed by atoms with van der Waals surface area (Å²) in [6, 6.07) is 2.48. The molecule has 1 N–H and O–H groups in total. The summed E-state index contributed by atoms with van der Waals surface area (Å²) in [6.07, 6.45) is 6.24. The summed E-state index contributed by atoms with van der Waals surface area (Å²) in [7, 11) is 0. The van der Waals surface area contributed by atoms with Crippen LogP contribution in [0.5, 0.6) is 0 Å². The van der Waals surface area contributed by atoms with Gasteiger partial charge in [-0.05, 0) is 44.4 Å². The highest BCUT2D eigenvalue weighted by molar-refractivity contribution is 5.18. The summed E-state index contributed by atoms with van der Waals surface area (Å²) in [5.41, 5.74) is -1.22. The minimum atomic E-state index is -0.781. The highest BCUT2D eigenvalue weighted by Crippen LogP contribution is 2.60. The first kappa shape index (κ1) is 11.0. The second-order valence-corrected chi connectivity index (χ2v) is 5.69. The molecule has 2 aliphatic rings. The Morgan fingerprint density at radius 1 is 1.53 bits per heavy atom. The third-order valence-corrected chi connectivity index (χ3v) is 4.75. The topological polar surface area (TPSA) is 44.0 Å². The lowest BCUT2D eigenvalue weighted by Gasteiger charge is -2.43. The Hall–Kier alpha value is -0.550. The molecular weight excluding hydrogens is 186 g/mol. The smallest absolute Gasteiger partial charge is 0.0888 e. The van der Waals surface area contributed by atoms with E-state index in [4.69, 9.17) is 0 Å². The lowest BCUT2D eigenvalue weighted by Crippen LogP contribution is -2.48. The summed E-state index contributed by atoms with van der Waals surface area (Å²) in [6.45, 7) is 3.95. The third-order valence-electron chi connectivity index (χ3n) is 4.75. The Morgan fingerprint density at radius 2 is 2.27 bits per heavy atom. The summed E-state index contributed by atoms with van der Waals surface area (Å²) in [5.74, 6) is 1.16. The molecule has 0 aliphatic heterocycles. The van der Waals surface area contributed by atoms with Gasteiger partial charge in [-0.25, -0.2) is 0 Å². The molecule has 4 unspecified atom stereocenters. The Kier molecular flexibility index (Phi) is 2.55. The van der Waals surface area contributed by atoms with Gasteiger partial charge in [0, 0.05) is 0 Å². The number of hydrogen-bond acceptors (Lipinski definition) is 2. The van der Waals surface area contributed by atoms with Crippen LogP contribution in [0, 0.1) is 28.6 Å². The summed E-state index contributed by atoms with van der Waals surface area (Å²) in [4.78, 5) is 0. The predicted octanol–water partition coefficient (Wildman–Crippen LogP) is 2.87. The molecule has 0 aromatic heterocycles. The van der Waals surface area contributed by atoms with Crippen molar-refractivity contribution in [1.82, 2.24) is 0 Å². The van der Waals surface area contributed by atoms with E-state index in [2.05, 4.69) is 13.0 Å². The summed E-state index contributed by atoms with van der Waals surface area (Å²) in [5, 5.41) is 20.1. The Morgan fingerprint density at radius 3 is 2.67 bits per heavy atom. The molecule has 0 aromatic rings. The predicted molar refractivity (Wildman–Crippen MR) is 59.0 cm³/mol. The van der Waals surface area contributed by atoms with Crippen molar-refractivity contribution < 1.29 is 5.11 Å². The van der Waals surface area contributed by atoms with Gasteiger partial charge in [0.25, 0.3) is 0 Å². The standard InChI is InChI=1S/C13H21NO/c1-3-6-12(2,15)13(9-14)8-10-4-5-11(13)7-10/h10-11,15H,3-8H2,1-2H3. The zero-order chi connectivity index (χ0) is 11.1. The van der Waals surface area contributed by atoms with E-state index in [-0.39, 0.29) is 0 Å². The minimum Gasteiger partial charge on any atom is -0.389 e. The third kappa shape index (κ3) is 1.40. The van der Waals surface area contributed by atoms with Crippen molar-refractivity contribution in [3.63, 3.8) is 0 Å². The first-order valence-corrected chi connectivity index (χ1v) is 6.19. The van der Waals surface area contributed by atoms with Gasteiger partial charge in [0.15, 0.2) is 0 Å². The molecule has 2 aliphatic carbocycles. The molecule has 0 radical (unpaired) electrons. The highest BCUT2D eigenvalue weighted by atomic mass is 16.3. The van der Waals surface area contributed by atoms with E-state index in [0.717, 1.165) is 25.7 Å². The second-order valence-electron chi connectivity index (χ2n) is 5.69. The van der Waals surface area contributed by atoms with Crippen molar-refractivity contribution in [2.45, 2.75) is 58.0 Å². The fourth-order valence-electron chi connectivity index (χ4n) is 3.96. The fourth-order valence-corrected chi connectivity index (χ4v) is 3.96.